The Hall–Kier alpha value is -3.68. The van der Waals surface area contributed by atoms with Crippen molar-refractivity contribution in [2.75, 3.05) is 0 Å². The molecule has 0 saturated heterocycles. The third kappa shape index (κ3) is 2.23. The fraction of sp³-hybridized carbons (Fsp3) is 0.0588. The van der Waals surface area contributed by atoms with Crippen molar-refractivity contribution >= 4 is 22.6 Å². The lowest BCUT2D eigenvalue weighted by Crippen LogP contribution is -2.16. The number of rotatable bonds is 2. The molecule has 8 nitrogen and oxygen atoms in total. The zero-order valence-corrected chi connectivity index (χ0v) is 12.6. The number of fused-ring (bicyclic) bond motifs is 3. The maximum absolute atomic E-state index is 12.5. The summed E-state index contributed by atoms with van der Waals surface area (Å²) in [5.41, 5.74) is 0.0795. The Kier molecular flexibility index (Phi) is 3.24. The van der Waals surface area contributed by atoms with E-state index in [1.54, 1.807) is 30.3 Å². The van der Waals surface area contributed by atoms with Gasteiger partial charge in [0.25, 0.3) is 5.69 Å². The fourth-order valence-corrected chi connectivity index (χ4v) is 2.99. The van der Waals surface area contributed by atoms with Gasteiger partial charge in [-0.05, 0) is 17.7 Å². The van der Waals surface area contributed by atoms with Crippen LogP contribution in [0.25, 0.3) is 11.0 Å². The van der Waals surface area contributed by atoms with Gasteiger partial charge in [0.15, 0.2) is 5.75 Å². The number of para-hydroxylation sites is 1. The molecule has 4 rings (SSSR count). The van der Waals surface area contributed by atoms with Crippen molar-refractivity contribution in [3.63, 3.8) is 0 Å². The smallest absolute Gasteiger partial charge is 0.344 e. The van der Waals surface area contributed by atoms with Crippen LogP contribution in [0.2, 0.25) is 0 Å². The summed E-state index contributed by atoms with van der Waals surface area (Å²) in [7, 11) is 0. The summed E-state index contributed by atoms with van der Waals surface area (Å²) in [5.74, 6) is -0.795. The molecule has 1 aliphatic heterocycles. The first-order chi connectivity index (χ1) is 12.1. The van der Waals surface area contributed by atoms with Crippen LogP contribution in [0.1, 0.15) is 17.0 Å². The van der Waals surface area contributed by atoms with Gasteiger partial charge in [-0.3, -0.25) is 10.1 Å². The summed E-state index contributed by atoms with van der Waals surface area (Å²) in [6, 6.07) is 12.5. The van der Waals surface area contributed by atoms with E-state index in [1.807, 2.05) is 0 Å². The van der Waals surface area contributed by atoms with Crippen LogP contribution in [0.15, 0.2) is 62.9 Å². The lowest BCUT2D eigenvalue weighted by atomic mass is 9.92. The molecule has 1 aliphatic rings. The Balaban J connectivity index is 2.00. The van der Waals surface area contributed by atoms with Gasteiger partial charge in [-0.1, -0.05) is 29.4 Å². The van der Waals surface area contributed by atoms with Crippen molar-refractivity contribution in [1.82, 2.24) is 0 Å². The maximum Gasteiger partial charge on any atom is 0.344 e. The summed E-state index contributed by atoms with van der Waals surface area (Å²) < 4.78 is 10.9. The fourth-order valence-electron chi connectivity index (χ4n) is 2.99. The van der Waals surface area contributed by atoms with E-state index >= 15 is 0 Å². The van der Waals surface area contributed by atoms with Gasteiger partial charge in [-0.2, -0.15) is 0 Å². The summed E-state index contributed by atoms with van der Waals surface area (Å²) >= 11 is 0. The molecule has 0 bridgehead atoms. The molecule has 0 radical (unpaired) electrons. The highest BCUT2D eigenvalue weighted by atomic mass is 16.6. The highest BCUT2D eigenvalue weighted by molar-refractivity contribution is 5.99. The predicted octanol–water partition coefficient (Wildman–Crippen LogP) is 3.01. The van der Waals surface area contributed by atoms with Crippen LogP contribution < -0.4 is 10.4 Å². The minimum atomic E-state index is -0.888. The largest absolute Gasteiger partial charge is 0.437 e. The Bertz CT molecular complexity index is 1100. The van der Waals surface area contributed by atoms with E-state index in [0.717, 1.165) is 0 Å². The standard InChI is InChI=1S/C17H10N2O6/c20-17-14-13(9-4-3-5-10(8-9)19(22)23)16(18-21)25-15(14)11-6-1-2-7-12(11)24-17/h1-8,13,21H/b18-16+. The van der Waals surface area contributed by atoms with E-state index in [1.165, 1.54) is 18.2 Å². The van der Waals surface area contributed by atoms with Gasteiger partial charge >= 0.3 is 5.63 Å². The third-order valence-electron chi connectivity index (χ3n) is 4.05. The Morgan fingerprint density at radius 2 is 1.96 bits per heavy atom. The van der Waals surface area contributed by atoms with Crippen LogP contribution in [0.4, 0.5) is 5.69 Å². The zero-order valence-electron chi connectivity index (χ0n) is 12.6. The summed E-state index contributed by atoms with van der Waals surface area (Å²) in [5, 5.41) is 24.0. The van der Waals surface area contributed by atoms with Crippen molar-refractivity contribution < 1.29 is 19.3 Å². The second-order valence-corrected chi connectivity index (χ2v) is 5.45. The van der Waals surface area contributed by atoms with E-state index in [4.69, 9.17) is 9.15 Å². The number of hydrogen-bond donors (Lipinski definition) is 1. The van der Waals surface area contributed by atoms with Crippen LogP contribution in [0, 0.1) is 10.1 Å². The third-order valence-corrected chi connectivity index (χ3v) is 4.05. The lowest BCUT2D eigenvalue weighted by molar-refractivity contribution is -0.384. The van der Waals surface area contributed by atoms with Crippen LogP contribution in [0.5, 0.6) is 5.75 Å². The van der Waals surface area contributed by atoms with E-state index < -0.39 is 16.5 Å². The maximum atomic E-state index is 12.5. The van der Waals surface area contributed by atoms with Crippen molar-refractivity contribution in [3.05, 3.63) is 80.2 Å². The molecule has 1 unspecified atom stereocenters. The Morgan fingerprint density at radius 3 is 2.72 bits per heavy atom. The summed E-state index contributed by atoms with van der Waals surface area (Å²) in [6.07, 6.45) is 0. The van der Waals surface area contributed by atoms with Crippen LogP contribution in [0.3, 0.4) is 0 Å². The van der Waals surface area contributed by atoms with E-state index in [2.05, 4.69) is 5.16 Å². The van der Waals surface area contributed by atoms with Gasteiger partial charge in [0.1, 0.15) is 5.58 Å². The van der Waals surface area contributed by atoms with E-state index in [0.29, 0.717) is 16.5 Å². The van der Waals surface area contributed by atoms with Crippen molar-refractivity contribution in [2.45, 2.75) is 5.92 Å². The minimum Gasteiger partial charge on any atom is -0.437 e. The van der Waals surface area contributed by atoms with Gasteiger partial charge in [0.05, 0.1) is 21.8 Å². The first-order valence-corrected chi connectivity index (χ1v) is 7.30. The average Bonchev–Trinajstić information content (AvgIpc) is 3.02. The molecular weight excluding hydrogens is 328 g/mol. The van der Waals surface area contributed by atoms with Gasteiger partial charge in [-0.25, -0.2) is 4.79 Å². The second kappa shape index (κ2) is 5.45. The highest BCUT2D eigenvalue weighted by Gasteiger charge is 2.39. The van der Waals surface area contributed by atoms with Crippen LogP contribution in [-0.4, -0.2) is 16.0 Å². The molecule has 0 saturated carbocycles. The lowest BCUT2D eigenvalue weighted by Gasteiger charge is -2.08. The molecule has 1 atom stereocenters. The zero-order chi connectivity index (χ0) is 17.6. The molecule has 0 amide bonds. The van der Waals surface area contributed by atoms with Gasteiger partial charge < -0.3 is 14.4 Å². The number of non-ortho nitro benzene ring substituents is 1. The number of benzene rings is 2. The molecule has 1 N–H and O–H groups in total. The van der Waals surface area contributed by atoms with Crippen molar-refractivity contribution in [2.24, 2.45) is 5.16 Å². The minimum absolute atomic E-state index is 0.140. The SMILES string of the molecule is O=c1oc2ccccc2c2c1C(c1cccc([N+](=O)[O-])c1)/C(=N\O)O2. The summed E-state index contributed by atoms with van der Waals surface area (Å²) in [4.78, 5) is 22.9. The van der Waals surface area contributed by atoms with Gasteiger partial charge in [-0.15, -0.1) is 0 Å². The second-order valence-electron chi connectivity index (χ2n) is 5.45. The average molecular weight is 338 g/mol. The number of nitrogens with zero attached hydrogens (tertiary/aromatic N) is 2. The molecule has 2 heterocycles. The normalized spacial score (nSPS) is 17.4. The Morgan fingerprint density at radius 1 is 1.16 bits per heavy atom. The molecule has 0 aliphatic carbocycles. The Labute approximate surface area is 139 Å². The number of nitro groups is 1. The van der Waals surface area contributed by atoms with Gasteiger partial charge in [0, 0.05) is 12.1 Å². The van der Waals surface area contributed by atoms with Crippen molar-refractivity contribution in [3.8, 4) is 5.75 Å². The number of nitro benzene ring substituents is 1. The molecular formula is C17H10N2O6. The van der Waals surface area contributed by atoms with Gasteiger partial charge in [0.2, 0.25) is 5.90 Å². The van der Waals surface area contributed by atoms with E-state index in [-0.39, 0.29) is 22.9 Å². The first-order valence-electron chi connectivity index (χ1n) is 7.30. The first kappa shape index (κ1) is 14.9. The number of ether oxygens (including phenoxy) is 1. The number of hydrogen-bond acceptors (Lipinski definition) is 7. The van der Waals surface area contributed by atoms with Crippen LogP contribution in [-0.2, 0) is 0 Å². The monoisotopic (exact) mass is 338 g/mol. The molecule has 8 heteroatoms. The molecule has 0 spiro atoms. The highest BCUT2D eigenvalue weighted by Crippen LogP contribution is 2.42. The molecule has 25 heavy (non-hydrogen) atoms. The van der Waals surface area contributed by atoms with Crippen LogP contribution >= 0.6 is 0 Å². The van der Waals surface area contributed by atoms with Crippen molar-refractivity contribution in [1.29, 1.82) is 0 Å². The molecule has 1 aromatic heterocycles. The quantitative estimate of drug-likeness (QED) is 0.332. The topological polar surface area (TPSA) is 115 Å². The molecule has 124 valence electrons. The summed E-state index contributed by atoms with van der Waals surface area (Å²) in [6.45, 7) is 0. The number of oxime groups is 1. The molecule has 3 aromatic rings. The predicted molar refractivity (Wildman–Crippen MR) is 87.3 cm³/mol. The molecule has 2 aromatic carbocycles. The molecule has 0 fully saturated rings. The van der Waals surface area contributed by atoms with E-state index in [9.17, 15) is 20.1 Å².